The first-order valence-corrected chi connectivity index (χ1v) is 8.30. The number of benzene rings is 1. The minimum atomic E-state index is -1.89. The van der Waals surface area contributed by atoms with Gasteiger partial charge in [0.25, 0.3) is 5.91 Å². The second-order valence-electron chi connectivity index (χ2n) is 4.73. The summed E-state index contributed by atoms with van der Waals surface area (Å²) < 4.78 is 40.4. The molecule has 8 heteroatoms. The first-order valence-electron chi connectivity index (χ1n) is 6.26. The predicted molar refractivity (Wildman–Crippen MR) is 78.0 cm³/mol. The normalized spacial score (nSPS) is 14.3. The number of carbonyl (C=O) groups excluding carboxylic acids is 1. The van der Waals surface area contributed by atoms with Crippen LogP contribution in [-0.2, 0) is 11.1 Å². The van der Waals surface area contributed by atoms with Gasteiger partial charge in [0.15, 0.2) is 6.66 Å². The van der Waals surface area contributed by atoms with Crippen molar-refractivity contribution in [1.29, 1.82) is 0 Å². The van der Waals surface area contributed by atoms with Crippen LogP contribution in [0.2, 0.25) is 5.02 Å². The Labute approximate surface area is 130 Å². The van der Waals surface area contributed by atoms with Gasteiger partial charge < -0.3 is 0 Å². The van der Waals surface area contributed by atoms with Crippen molar-refractivity contribution in [2.45, 2.75) is 6.54 Å². The largest absolute Gasteiger partial charge is 0.462 e. The molecule has 22 heavy (non-hydrogen) atoms. The smallest absolute Gasteiger partial charge is 0.265 e. The van der Waals surface area contributed by atoms with E-state index >= 15 is 0 Å². The van der Waals surface area contributed by atoms with Crippen LogP contribution >= 0.6 is 19.6 Å². The Balaban J connectivity index is 2.17. The number of hydrogen-bond acceptors (Lipinski definition) is 3. The molecule has 1 aliphatic heterocycles. The van der Waals surface area contributed by atoms with E-state index in [4.69, 9.17) is 11.6 Å². The van der Waals surface area contributed by atoms with Gasteiger partial charge in [-0.05, 0) is 22.8 Å². The van der Waals surface area contributed by atoms with Gasteiger partial charge in [-0.25, -0.2) is 13.8 Å². The highest BCUT2D eigenvalue weighted by Gasteiger charge is 2.40. The van der Waals surface area contributed by atoms with Gasteiger partial charge in [-0.2, -0.15) is 0 Å². The average Bonchev–Trinajstić information content (AvgIpc) is 2.76. The Hall–Kier alpha value is -1.91. The molecule has 0 bridgehead atoms. The Morgan fingerprint density at radius 2 is 1.91 bits per heavy atom. The molecule has 1 aliphatic rings. The molecule has 0 saturated heterocycles. The van der Waals surface area contributed by atoms with Crippen LogP contribution in [0.5, 0.6) is 0 Å². The van der Waals surface area contributed by atoms with E-state index in [-0.39, 0.29) is 34.1 Å². The molecule has 0 aliphatic carbocycles. The number of hydrogen-bond donors (Lipinski definition) is 0. The van der Waals surface area contributed by atoms with Crippen molar-refractivity contribution in [2.75, 3.05) is 6.66 Å². The van der Waals surface area contributed by atoms with E-state index in [1.165, 1.54) is 18.8 Å². The molecule has 1 aromatic carbocycles. The quantitative estimate of drug-likeness (QED) is 0.776. The van der Waals surface area contributed by atoms with Gasteiger partial charge in [0, 0.05) is 0 Å². The van der Waals surface area contributed by atoms with Crippen LogP contribution in [-0.4, -0.2) is 22.2 Å². The molecular weight excluding hydrogens is 333 g/mol. The first kappa shape index (κ1) is 15.0. The van der Waals surface area contributed by atoms with Gasteiger partial charge in [-0.3, -0.25) is 4.79 Å². The molecule has 0 N–H and O–H groups in total. The number of aromatic nitrogens is 1. The topological polar surface area (TPSA) is 50.3 Å². The van der Waals surface area contributed by atoms with Crippen molar-refractivity contribution in [3.63, 3.8) is 0 Å². The van der Waals surface area contributed by atoms with Crippen molar-refractivity contribution in [1.82, 2.24) is 9.65 Å². The molecule has 0 fully saturated rings. The minimum absolute atomic E-state index is 0.000305. The van der Waals surface area contributed by atoms with Gasteiger partial charge in [0.05, 0.1) is 27.5 Å². The number of rotatable bonds is 2. The van der Waals surface area contributed by atoms with E-state index in [1.54, 1.807) is 0 Å². The minimum Gasteiger partial charge on any atom is -0.265 e. The van der Waals surface area contributed by atoms with Crippen LogP contribution < -0.4 is 0 Å². The molecule has 3 rings (SSSR count). The maximum Gasteiger partial charge on any atom is 0.462 e. The van der Waals surface area contributed by atoms with Gasteiger partial charge >= 0.3 is 7.95 Å². The van der Waals surface area contributed by atoms with E-state index < -0.39 is 25.5 Å². The summed E-state index contributed by atoms with van der Waals surface area (Å²) in [6.07, 6.45) is 0. The summed E-state index contributed by atoms with van der Waals surface area (Å²) in [6, 6.07) is 4.71. The maximum absolute atomic E-state index is 13.9. The second-order valence-corrected chi connectivity index (χ2v) is 6.55. The highest BCUT2D eigenvalue weighted by atomic mass is 35.5. The fraction of sp³-hybridized carbons (Fsp3) is 0.143. The number of pyridine rings is 1. The van der Waals surface area contributed by atoms with Crippen LogP contribution in [0.15, 0.2) is 24.3 Å². The molecule has 2 aromatic rings. The Morgan fingerprint density at radius 3 is 2.50 bits per heavy atom. The molecule has 1 atom stereocenters. The van der Waals surface area contributed by atoms with Crippen molar-refractivity contribution < 1.29 is 18.1 Å². The number of carbonyl (C=O) groups is 1. The zero-order chi connectivity index (χ0) is 16.0. The zero-order valence-corrected chi connectivity index (χ0v) is 13.0. The number of fused-ring (bicyclic) bond motifs is 1. The second kappa shape index (κ2) is 5.38. The van der Waals surface area contributed by atoms with Gasteiger partial charge in [0.2, 0.25) is 0 Å². The van der Waals surface area contributed by atoms with E-state index in [1.807, 2.05) is 0 Å². The van der Waals surface area contributed by atoms with Crippen molar-refractivity contribution >= 4 is 25.5 Å². The van der Waals surface area contributed by atoms with Crippen LogP contribution in [0.25, 0.3) is 11.3 Å². The van der Waals surface area contributed by atoms with E-state index in [0.717, 1.165) is 16.8 Å². The van der Waals surface area contributed by atoms with Crippen LogP contribution in [0.3, 0.4) is 0 Å². The Kier molecular flexibility index (Phi) is 3.67. The molecule has 1 amide bonds. The highest BCUT2D eigenvalue weighted by molar-refractivity contribution is 7.42. The summed E-state index contributed by atoms with van der Waals surface area (Å²) in [5, 5.41) is 0.0343. The lowest BCUT2D eigenvalue weighted by Crippen LogP contribution is -2.14. The molecule has 0 radical (unpaired) electrons. The van der Waals surface area contributed by atoms with Gasteiger partial charge in [0.1, 0.15) is 18.2 Å². The predicted octanol–water partition coefficient (Wildman–Crippen LogP) is 4.01. The summed E-state index contributed by atoms with van der Waals surface area (Å²) >= 11 is 6.07. The fourth-order valence-corrected chi connectivity index (χ4v) is 3.33. The zero-order valence-electron chi connectivity index (χ0n) is 11.3. The number of nitrogens with zero attached hydrogens (tertiary/aromatic N) is 2. The summed E-state index contributed by atoms with van der Waals surface area (Å²) in [7, 11) is -1.89. The van der Waals surface area contributed by atoms with Crippen molar-refractivity contribution in [3.05, 3.63) is 52.2 Å². The average molecular weight is 342 g/mol. The van der Waals surface area contributed by atoms with Gasteiger partial charge in [-0.15, -0.1) is 4.67 Å². The number of amides is 1. The van der Waals surface area contributed by atoms with Crippen LogP contribution in [0.1, 0.15) is 16.1 Å². The molecule has 2 heterocycles. The molecule has 112 valence electrons. The van der Waals surface area contributed by atoms with Crippen LogP contribution in [0, 0.1) is 11.6 Å². The monoisotopic (exact) mass is 341 g/mol. The first-order chi connectivity index (χ1) is 10.4. The standard InChI is InChI=1S/C14H9ClF2N2O2P/c1-22(21)19-6-11-12(14(19)20)7(15)5-10(18-11)13-8(16)3-2-4-9(13)17/h2-5H,6H2,1H3/q+1. The molecule has 1 unspecified atom stereocenters. The summed E-state index contributed by atoms with van der Waals surface area (Å²) in [4.78, 5) is 16.2. The lowest BCUT2D eigenvalue weighted by Gasteiger charge is -2.07. The SMILES string of the molecule is C[P+](=O)N1Cc2nc(-c3c(F)cccc3F)cc(Cl)c2C1=O. The Bertz CT molecular complexity index is 808. The molecule has 4 nitrogen and oxygen atoms in total. The third-order valence-corrected chi connectivity index (χ3v) is 4.65. The molecule has 0 saturated carbocycles. The van der Waals surface area contributed by atoms with Crippen LogP contribution in [0.4, 0.5) is 8.78 Å². The van der Waals surface area contributed by atoms with Crippen molar-refractivity contribution in [2.24, 2.45) is 0 Å². The summed E-state index contributed by atoms with van der Waals surface area (Å²) in [6.45, 7) is 1.40. The third-order valence-electron chi connectivity index (χ3n) is 3.35. The third kappa shape index (κ3) is 2.28. The van der Waals surface area contributed by atoms with E-state index in [0.29, 0.717) is 0 Å². The summed E-state index contributed by atoms with van der Waals surface area (Å²) in [5.74, 6) is -2.03. The van der Waals surface area contributed by atoms with Gasteiger partial charge in [-0.1, -0.05) is 17.7 Å². The summed E-state index contributed by atoms with van der Waals surface area (Å²) in [5.41, 5.74) is 0.0898. The van der Waals surface area contributed by atoms with Crippen molar-refractivity contribution in [3.8, 4) is 11.3 Å². The van der Waals surface area contributed by atoms with E-state index in [9.17, 15) is 18.1 Å². The molecule has 0 spiro atoms. The molecule has 1 aromatic heterocycles. The highest BCUT2D eigenvalue weighted by Crippen LogP contribution is 2.38. The van der Waals surface area contributed by atoms with E-state index in [2.05, 4.69) is 4.98 Å². The number of halogens is 3. The fourth-order valence-electron chi connectivity index (χ4n) is 2.34. The Morgan fingerprint density at radius 1 is 1.27 bits per heavy atom. The lowest BCUT2D eigenvalue weighted by atomic mass is 10.1. The lowest BCUT2D eigenvalue weighted by molar-refractivity contribution is 0.0881. The maximum atomic E-state index is 13.9. The molecular formula is C14H9ClF2N2O2P+.